The standard InChI is InChI=1S/C23H23N2O5P/c26-22-13-14-24(23(27)25(22)16-18-7-3-1-4-8-18)20-11-12-21(15-20)30-31(28,29)17-19-9-5-2-6-10-19/h1-14,20-21H,15-17H2,(H,28,29). The molecule has 160 valence electrons. The average molecular weight is 438 g/mol. The molecule has 0 fully saturated rings. The van der Waals surface area contributed by atoms with E-state index < -0.39 is 19.4 Å². The number of aromatic nitrogens is 2. The Morgan fingerprint density at radius 3 is 2.26 bits per heavy atom. The van der Waals surface area contributed by atoms with Crippen molar-refractivity contribution in [1.29, 1.82) is 0 Å². The van der Waals surface area contributed by atoms with Crippen molar-refractivity contribution in [2.24, 2.45) is 0 Å². The Bertz CT molecular complexity index is 1230. The Balaban J connectivity index is 1.48. The molecule has 1 N–H and O–H groups in total. The zero-order valence-electron chi connectivity index (χ0n) is 16.8. The van der Waals surface area contributed by atoms with Gasteiger partial charge in [-0.3, -0.25) is 18.5 Å². The van der Waals surface area contributed by atoms with Crippen LogP contribution < -0.4 is 11.2 Å². The average Bonchev–Trinajstić information content (AvgIpc) is 3.19. The molecule has 0 saturated carbocycles. The molecule has 0 saturated heterocycles. The lowest BCUT2D eigenvalue weighted by Gasteiger charge is -2.19. The third-order valence-corrected chi connectivity index (χ3v) is 6.55. The predicted molar refractivity (Wildman–Crippen MR) is 118 cm³/mol. The second-order valence-corrected chi connectivity index (χ2v) is 9.33. The number of hydrogen-bond donors (Lipinski definition) is 1. The van der Waals surface area contributed by atoms with Gasteiger partial charge in [-0.15, -0.1) is 0 Å². The molecule has 3 unspecified atom stereocenters. The minimum atomic E-state index is -3.85. The van der Waals surface area contributed by atoms with E-state index in [2.05, 4.69) is 0 Å². The van der Waals surface area contributed by atoms with Gasteiger partial charge in [0.05, 0.1) is 24.9 Å². The van der Waals surface area contributed by atoms with Crippen molar-refractivity contribution in [2.45, 2.75) is 31.3 Å². The number of rotatable bonds is 7. The first kappa shape index (κ1) is 21.2. The Morgan fingerprint density at radius 1 is 0.935 bits per heavy atom. The van der Waals surface area contributed by atoms with Gasteiger partial charge < -0.3 is 9.42 Å². The van der Waals surface area contributed by atoms with Crippen molar-refractivity contribution in [3.63, 3.8) is 0 Å². The fourth-order valence-electron chi connectivity index (χ4n) is 3.69. The quantitative estimate of drug-likeness (QED) is 0.451. The molecule has 0 spiro atoms. The van der Waals surface area contributed by atoms with Gasteiger partial charge in [0.15, 0.2) is 0 Å². The van der Waals surface area contributed by atoms with Crippen molar-refractivity contribution in [3.05, 3.63) is 117 Å². The van der Waals surface area contributed by atoms with Gasteiger partial charge in [0.2, 0.25) is 0 Å². The van der Waals surface area contributed by atoms with Crippen molar-refractivity contribution < 1.29 is 14.0 Å². The number of benzene rings is 2. The SMILES string of the molecule is O=c1ccn(C2C=CC(OP(=O)(O)Cc3ccccc3)C2)c(=O)n1Cc1ccccc1. The van der Waals surface area contributed by atoms with Crippen LogP contribution >= 0.6 is 7.60 Å². The van der Waals surface area contributed by atoms with Gasteiger partial charge in [-0.05, 0) is 11.1 Å². The lowest BCUT2D eigenvalue weighted by molar-refractivity contribution is 0.199. The summed E-state index contributed by atoms with van der Waals surface area (Å²) in [7, 11) is -3.85. The van der Waals surface area contributed by atoms with E-state index in [-0.39, 0.29) is 24.3 Å². The van der Waals surface area contributed by atoms with Gasteiger partial charge in [-0.25, -0.2) is 4.79 Å². The summed E-state index contributed by atoms with van der Waals surface area (Å²) in [6, 6.07) is 19.3. The second kappa shape index (κ2) is 9.02. The smallest absolute Gasteiger partial charge is 0.324 e. The van der Waals surface area contributed by atoms with E-state index in [0.29, 0.717) is 6.42 Å². The maximum atomic E-state index is 13.0. The molecule has 31 heavy (non-hydrogen) atoms. The third-order valence-electron chi connectivity index (χ3n) is 5.18. The minimum absolute atomic E-state index is 0.0786. The topological polar surface area (TPSA) is 90.5 Å². The van der Waals surface area contributed by atoms with Gasteiger partial charge in [0, 0.05) is 18.7 Å². The molecule has 7 nitrogen and oxygen atoms in total. The zero-order chi connectivity index (χ0) is 21.8. The first-order chi connectivity index (χ1) is 14.9. The summed E-state index contributed by atoms with van der Waals surface area (Å²) in [4.78, 5) is 35.5. The molecule has 8 heteroatoms. The number of allylic oxidation sites excluding steroid dienone is 1. The highest BCUT2D eigenvalue weighted by Crippen LogP contribution is 2.48. The molecule has 0 bridgehead atoms. The monoisotopic (exact) mass is 438 g/mol. The maximum Gasteiger partial charge on any atom is 0.333 e. The fourth-order valence-corrected chi connectivity index (χ4v) is 5.02. The van der Waals surface area contributed by atoms with Crippen molar-refractivity contribution in [2.75, 3.05) is 0 Å². The van der Waals surface area contributed by atoms with Crippen LogP contribution in [0.3, 0.4) is 0 Å². The highest BCUT2D eigenvalue weighted by molar-refractivity contribution is 7.52. The van der Waals surface area contributed by atoms with Crippen LogP contribution in [0.25, 0.3) is 0 Å². The summed E-state index contributed by atoms with van der Waals surface area (Å²) in [5.74, 6) is 0. The van der Waals surface area contributed by atoms with Gasteiger partial charge in [-0.1, -0.05) is 72.8 Å². The summed E-state index contributed by atoms with van der Waals surface area (Å²) >= 11 is 0. The third kappa shape index (κ3) is 5.20. The molecule has 3 atom stereocenters. The molecule has 1 heterocycles. The Hall–Kier alpha value is -2.99. The van der Waals surface area contributed by atoms with Crippen LogP contribution in [0, 0.1) is 0 Å². The normalized spacial score (nSPS) is 19.9. The van der Waals surface area contributed by atoms with Crippen molar-refractivity contribution in [1.82, 2.24) is 9.13 Å². The molecule has 1 aromatic heterocycles. The summed E-state index contributed by atoms with van der Waals surface area (Å²) in [6.45, 7) is 0.179. The molecule has 4 rings (SSSR count). The van der Waals surface area contributed by atoms with E-state index in [9.17, 15) is 19.0 Å². The molecule has 0 amide bonds. The molecule has 0 aliphatic heterocycles. The molecule has 3 aromatic rings. The van der Waals surface area contributed by atoms with Crippen LogP contribution in [-0.2, 0) is 21.8 Å². The van der Waals surface area contributed by atoms with Crippen LogP contribution in [0.2, 0.25) is 0 Å². The molecular weight excluding hydrogens is 415 g/mol. The largest absolute Gasteiger partial charge is 0.333 e. The summed E-state index contributed by atoms with van der Waals surface area (Å²) < 4.78 is 20.7. The van der Waals surface area contributed by atoms with E-state index in [1.54, 1.807) is 36.4 Å². The highest BCUT2D eigenvalue weighted by atomic mass is 31.2. The molecular formula is C23H23N2O5P. The lowest BCUT2D eigenvalue weighted by atomic mass is 10.2. The van der Waals surface area contributed by atoms with Gasteiger partial charge >= 0.3 is 13.3 Å². The van der Waals surface area contributed by atoms with Crippen LogP contribution in [-0.4, -0.2) is 20.1 Å². The van der Waals surface area contributed by atoms with E-state index in [1.807, 2.05) is 36.4 Å². The Labute approximate surface area is 179 Å². The van der Waals surface area contributed by atoms with Crippen LogP contribution in [0.4, 0.5) is 0 Å². The molecule has 1 aliphatic carbocycles. The minimum Gasteiger partial charge on any atom is -0.324 e. The van der Waals surface area contributed by atoms with Gasteiger partial charge in [-0.2, -0.15) is 0 Å². The molecule has 1 aliphatic rings. The zero-order valence-corrected chi connectivity index (χ0v) is 17.7. The fraction of sp³-hybridized carbons (Fsp3) is 0.217. The van der Waals surface area contributed by atoms with Gasteiger partial charge in [0.1, 0.15) is 0 Å². The Morgan fingerprint density at radius 2 is 1.58 bits per heavy atom. The maximum absolute atomic E-state index is 13.0. The van der Waals surface area contributed by atoms with Crippen LogP contribution in [0.5, 0.6) is 0 Å². The Kier molecular flexibility index (Phi) is 6.18. The summed E-state index contributed by atoms with van der Waals surface area (Å²) in [5, 5.41) is 0. The summed E-state index contributed by atoms with van der Waals surface area (Å²) in [5.41, 5.74) is 0.770. The second-order valence-electron chi connectivity index (χ2n) is 7.53. The van der Waals surface area contributed by atoms with Gasteiger partial charge in [0.25, 0.3) is 5.56 Å². The molecule has 2 aromatic carbocycles. The summed E-state index contributed by atoms with van der Waals surface area (Å²) in [6.07, 6.45) is 4.59. The highest BCUT2D eigenvalue weighted by Gasteiger charge is 2.29. The van der Waals surface area contributed by atoms with Crippen molar-refractivity contribution >= 4 is 7.60 Å². The molecule has 0 radical (unpaired) electrons. The van der Waals surface area contributed by atoms with Crippen LogP contribution in [0.15, 0.2) is 94.7 Å². The van der Waals surface area contributed by atoms with E-state index in [0.717, 1.165) is 11.1 Å². The van der Waals surface area contributed by atoms with Crippen molar-refractivity contribution in [3.8, 4) is 0 Å². The lowest BCUT2D eigenvalue weighted by Crippen LogP contribution is -2.40. The number of hydrogen-bond acceptors (Lipinski definition) is 4. The van der Waals surface area contributed by atoms with E-state index >= 15 is 0 Å². The van der Waals surface area contributed by atoms with Crippen LogP contribution in [0.1, 0.15) is 23.6 Å². The predicted octanol–water partition coefficient (Wildman–Crippen LogP) is 3.33. The van der Waals surface area contributed by atoms with E-state index in [1.165, 1.54) is 21.4 Å². The first-order valence-electron chi connectivity index (χ1n) is 10.00. The first-order valence-corrected chi connectivity index (χ1v) is 11.8. The van der Waals surface area contributed by atoms with E-state index in [4.69, 9.17) is 4.52 Å². The number of nitrogens with zero attached hydrogens (tertiary/aromatic N) is 2.